The van der Waals surface area contributed by atoms with E-state index in [0.717, 1.165) is 5.69 Å². The molecule has 2 heterocycles. The summed E-state index contributed by atoms with van der Waals surface area (Å²) in [5.74, 6) is -0.0428. The summed E-state index contributed by atoms with van der Waals surface area (Å²) >= 11 is 0. The first-order valence-electron chi connectivity index (χ1n) is 4.99. The van der Waals surface area contributed by atoms with Crippen LogP contribution in [0.2, 0.25) is 0 Å². The van der Waals surface area contributed by atoms with E-state index in [4.69, 9.17) is 4.74 Å². The van der Waals surface area contributed by atoms with E-state index < -0.39 is 5.95 Å². The summed E-state index contributed by atoms with van der Waals surface area (Å²) in [6.45, 7) is 0.473. The highest BCUT2D eigenvalue weighted by molar-refractivity contribution is 5.17. The van der Waals surface area contributed by atoms with Gasteiger partial charge in [-0.15, -0.1) is 0 Å². The van der Waals surface area contributed by atoms with E-state index in [1.54, 1.807) is 12.3 Å². The van der Waals surface area contributed by atoms with E-state index in [0.29, 0.717) is 18.8 Å². The Morgan fingerprint density at radius 1 is 1.12 bits per heavy atom. The highest BCUT2D eigenvalue weighted by Crippen LogP contribution is 2.10. The predicted molar refractivity (Wildman–Crippen MR) is 57.6 cm³/mol. The summed E-state index contributed by atoms with van der Waals surface area (Å²) < 4.78 is 18.1. The molecular weight excluding hydrogens is 207 g/mol. The molecule has 2 rings (SSSR count). The lowest BCUT2D eigenvalue weighted by Crippen LogP contribution is -2.02. The molecule has 4 heteroatoms. The molecule has 0 amide bonds. The number of pyridine rings is 2. The van der Waals surface area contributed by atoms with Gasteiger partial charge in [0.05, 0.1) is 6.61 Å². The van der Waals surface area contributed by atoms with Gasteiger partial charge in [-0.25, -0.2) is 4.98 Å². The number of aromatic nitrogens is 2. The molecule has 0 aliphatic carbocycles. The molecule has 3 nitrogen and oxygen atoms in total. The van der Waals surface area contributed by atoms with Crippen LogP contribution in [0.5, 0.6) is 5.75 Å². The van der Waals surface area contributed by atoms with Gasteiger partial charge >= 0.3 is 0 Å². The summed E-state index contributed by atoms with van der Waals surface area (Å²) in [5.41, 5.74) is 0.956. The second kappa shape index (κ2) is 5.21. The van der Waals surface area contributed by atoms with E-state index in [-0.39, 0.29) is 0 Å². The van der Waals surface area contributed by atoms with E-state index in [1.165, 1.54) is 12.3 Å². The van der Waals surface area contributed by atoms with Gasteiger partial charge in [-0.05, 0) is 18.2 Å². The van der Waals surface area contributed by atoms with E-state index >= 15 is 0 Å². The summed E-state index contributed by atoms with van der Waals surface area (Å²) in [7, 11) is 0. The molecule has 0 saturated carbocycles. The van der Waals surface area contributed by atoms with Gasteiger partial charge in [-0.2, -0.15) is 4.39 Å². The van der Waals surface area contributed by atoms with Gasteiger partial charge in [0.25, 0.3) is 0 Å². The van der Waals surface area contributed by atoms with Crippen molar-refractivity contribution < 1.29 is 9.13 Å². The minimum absolute atomic E-state index is 0.473. The molecule has 0 fully saturated rings. The maximum absolute atomic E-state index is 12.7. The number of halogens is 1. The number of ether oxygens (including phenoxy) is 1. The molecule has 0 saturated heterocycles. The fourth-order valence-electron chi connectivity index (χ4n) is 1.29. The predicted octanol–water partition coefficient (Wildman–Crippen LogP) is 2.24. The first-order valence-corrected chi connectivity index (χ1v) is 4.99. The monoisotopic (exact) mass is 218 g/mol. The van der Waals surface area contributed by atoms with Crippen molar-refractivity contribution in [3.05, 3.63) is 54.4 Å². The minimum atomic E-state index is -0.532. The lowest BCUT2D eigenvalue weighted by Gasteiger charge is -2.05. The summed E-state index contributed by atoms with van der Waals surface area (Å²) in [4.78, 5) is 7.61. The van der Waals surface area contributed by atoms with Crippen LogP contribution in [0, 0.1) is 5.95 Å². The Morgan fingerprint density at radius 3 is 2.81 bits per heavy atom. The van der Waals surface area contributed by atoms with Gasteiger partial charge in [-0.1, -0.05) is 6.07 Å². The zero-order chi connectivity index (χ0) is 11.2. The van der Waals surface area contributed by atoms with Crippen molar-refractivity contribution in [3.63, 3.8) is 0 Å². The van der Waals surface area contributed by atoms with E-state index in [1.807, 2.05) is 18.2 Å². The van der Waals surface area contributed by atoms with E-state index in [2.05, 4.69) is 9.97 Å². The molecule has 0 aliphatic heterocycles. The van der Waals surface area contributed by atoms with E-state index in [9.17, 15) is 4.39 Å². The fraction of sp³-hybridized carbons (Fsp3) is 0.167. The fourth-order valence-corrected chi connectivity index (χ4v) is 1.29. The van der Waals surface area contributed by atoms with Crippen molar-refractivity contribution in [2.24, 2.45) is 0 Å². The summed E-state index contributed by atoms with van der Waals surface area (Å²) in [6, 6.07) is 8.60. The molecule has 0 aromatic carbocycles. The second-order valence-electron chi connectivity index (χ2n) is 3.23. The Bertz CT molecular complexity index is 448. The second-order valence-corrected chi connectivity index (χ2v) is 3.23. The Labute approximate surface area is 92.9 Å². The Balaban J connectivity index is 1.85. The van der Waals surface area contributed by atoms with Crippen molar-refractivity contribution in [2.75, 3.05) is 6.61 Å². The molecule has 0 spiro atoms. The number of nitrogens with zero attached hydrogens (tertiary/aromatic N) is 2. The minimum Gasteiger partial charge on any atom is -0.493 e. The molecule has 0 bridgehead atoms. The van der Waals surface area contributed by atoms with Crippen LogP contribution in [0.15, 0.2) is 42.7 Å². The maximum atomic E-state index is 12.7. The highest BCUT2D eigenvalue weighted by Gasteiger charge is 1.98. The SMILES string of the molecule is Fc1cc(OCCc2ccccn2)ccn1. The van der Waals surface area contributed by atoms with Crippen LogP contribution in [0.25, 0.3) is 0 Å². The quantitative estimate of drug-likeness (QED) is 0.738. The average Bonchev–Trinajstić information content (AvgIpc) is 2.30. The molecular formula is C12H11FN2O. The molecule has 2 aromatic rings. The zero-order valence-electron chi connectivity index (χ0n) is 8.64. The third-order valence-electron chi connectivity index (χ3n) is 2.05. The van der Waals surface area contributed by atoms with Crippen molar-refractivity contribution in [2.45, 2.75) is 6.42 Å². The van der Waals surface area contributed by atoms with Crippen LogP contribution < -0.4 is 4.74 Å². The number of rotatable bonds is 4. The maximum Gasteiger partial charge on any atom is 0.216 e. The highest BCUT2D eigenvalue weighted by atomic mass is 19.1. The van der Waals surface area contributed by atoms with Crippen LogP contribution >= 0.6 is 0 Å². The molecule has 16 heavy (non-hydrogen) atoms. The average molecular weight is 218 g/mol. The first-order chi connectivity index (χ1) is 7.84. The third kappa shape index (κ3) is 3.02. The topological polar surface area (TPSA) is 35.0 Å². The Hall–Kier alpha value is -1.97. The van der Waals surface area contributed by atoms with Crippen LogP contribution in [0.4, 0.5) is 4.39 Å². The Kier molecular flexibility index (Phi) is 3.43. The van der Waals surface area contributed by atoms with Crippen LogP contribution in [0.3, 0.4) is 0 Å². The molecule has 0 atom stereocenters. The number of hydrogen-bond acceptors (Lipinski definition) is 3. The van der Waals surface area contributed by atoms with Crippen molar-refractivity contribution in [1.82, 2.24) is 9.97 Å². The number of hydrogen-bond donors (Lipinski definition) is 0. The summed E-state index contributed by atoms with van der Waals surface area (Å²) in [5, 5.41) is 0. The zero-order valence-corrected chi connectivity index (χ0v) is 8.64. The van der Waals surface area contributed by atoms with Crippen molar-refractivity contribution >= 4 is 0 Å². The van der Waals surface area contributed by atoms with Crippen LogP contribution in [0.1, 0.15) is 5.69 Å². The van der Waals surface area contributed by atoms with Gasteiger partial charge in [-0.3, -0.25) is 4.98 Å². The smallest absolute Gasteiger partial charge is 0.216 e. The third-order valence-corrected chi connectivity index (χ3v) is 2.05. The van der Waals surface area contributed by atoms with Gasteiger partial charge in [0, 0.05) is 30.6 Å². The lowest BCUT2D eigenvalue weighted by molar-refractivity contribution is 0.318. The van der Waals surface area contributed by atoms with Crippen LogP contribution in [-0.2, 0) is 6.42 Å². The van der Waals surface area contributed by atoms with Crippen molar-refractivity contribution in [3.8, 4) is 5.75 Å². The standard InChI is InChI=1S/C12H11FN2O/c13-12-9-11(4-7-15-12)16-8-5-10-3-1-2-6-14-10/h1-4,6-7,9H,5,8H2. The van der Waals surface area contributed by atoms with Crippen molar-refractivity contribution in [1.29, 1.82) is 0 Å². The Morgan fingerprint density at radius 2 is 2.06 bits per heavy atom. The largest absolute Gasteiger partial charge is 0.493 e. The normalized spacial score (nSPS) is 10.1. The lowest BCUT2D eigenvalue weighted by atomic mass is 10.3. The van der Waals surface area contributed by atoms with Gasteiger partial charge in [0.2, 0.25) is 5.95 Å². The van der Waals surface area contributed by atoms with Gasteiger partial charge < -0.3 is 4.74 Å². The van der Waals surface area contributed by atoms with Gasteiger partial charge in [0.1, 0.15) is 5.75 Å². The molecule has 2 aromatic heterocycles. The molecule has 0 unspecified atom stereocenters. The molecule has 82 valence electrons. The van der Waals surface area contributed by atoms with Crippen LogP contribution in [-0.4, -0.2) is 16.6 Å². The molecule has 0 N–H and O–H groups in total. The van der Waals surface area contributed by atoms with Gasteiger partial charge in [0.15, 0.2) is 0 Å². The summed E-state index contributed by atoms with van der Waals surface area (Å²) in [6.07, 6.45) is 3.82. The molecule has 0 radical (unpaired) electrons. The first kappa shape index (κ1) is 10.5. The molecule has 0 aliphatic rings.